The lowest BCUT2D eigenvalue weighted by atomic mass is 10.2. The highest BCUT2D eigenvalue weighted by atomic mass is 16.1. The molecule has 1 atom stereocenters. The number of guanidine groups is 1. The molecule has 0 aliphatic carbocycles. The predicted octanol–water partition coefficient (Wildman–Crippen LogP) is 2.44. The molecule has 156 valence electrons. The van der Waals surface area contributed by atoms with Crippen LogP contribution in [0.5, 0.6) is 0 Å². The van der Waals surface area contributed by atoms with Crippen molar-refractivity contribution in [1.82, 2.24) is 15.5 Å². The van der Waals surface area contributed by atoms with Gasteiger partial charge in [0.1, 0.15) is 0 Å². The van der Waals surface area contributed by atoms with Gasteiger partial charge in [-0.15, -0.1) is 6.42 Å². The Kier molecular flexibility index (Phi) is 7.87. The summed E-state index contributed by atoms with van der Waals surface area (Å²) in [4.78, 5) is 19.0. The molecule has 3 rings (SSSR count). The number of likely N-dealkylation sites (tertiary alicyclic amines) is 1. The van der Waals surface area contributed by atoms with Gasteiger partial charge in [0.15, 0.2) is 5.96 Å². The van der Waals surface area contributed by atoms with E-state index in [0.717, 1.165) is 31.6 Å². The molecule has 1 aliphatic heterocycles. The molecule has 1 fully saturated rings. The van der Waals surface area contributed by atoms with Gasteiger partial charge in [-0.2, -0.15) is 0 Å². The lowest BCUT2D eigenvalue weighted by Crippen LogP contribution is -2.46. The Morgan fingerprint density at radius 2 is 2.03 bits per heavy atom. The van der Waals surface area contributed by atoms with E-state index in [4.69, 9.17) is 6.42 Å². The number of rotatable bonds is 7. The zero-order chi connectivity index (χ0) is 21.2. The van der Waals surface area contributed by atoms with Crippen LogP contribution in [0.4, 0.5) is 5.69 Å². The van der Waals surface area contributed by atoms with E-state index in [1.165, 1.54) is 12.0 Å². The number of nitrogens with zero attached hydrogens (tertiary/aromatic N) is 2. The maximum atomic E-state index is 12.2. The van der Waals surface area contributed by atoms with Crippen molar-refractivity contribution < 1.29 is 4.79 Å². The van der Waals surface area contributed by atoms with E-state index in [9.17, 15) is 4.79 Å². The van der Waals surface area contributed by atoms with Crippen molar-refractivity contribution in [2.45, 2.75) is 25.4 Å². The Balaban J connectivity index is 1.44. The summed E-state index contributed by atoms with van der Waals surface area (Å²) in [7, 11) is 1.71. The SMILES string of the molecule is C#Cc1cccc(NC(=O)CNC(=NC)NCC2CCCN2Cc2ccccc2)c1. The fraction of sp³-hybridized carbons (Fsp3) is 0.333. The average molecular weight is 404 g/mol. The second-order valence-corrected chi connectivity index (χ2v) is 7.33. The van der Waals surface area contributed by atoms with Gasteiger partial charge in [0, 0.05) is 37.4 Å². The molecule has 2 aromatic carbocycles. The van der Waals surface area contributed by atoms with Crippen molar-refractivity contribution in [3.05, 3.63) is 65.7 Å². The highest BCUT2D eigenvalue weighted by molar-refractivity contribution is 5.95. The highest BCUT2D eigenvalue weighted by Gasteiger charge is 2.24. The topological polar surface area (TPSA) is 68.8 Å². The molecular weight excluding hydrogens is 374 g/mol. The summed E-state index contributed by atoms with van der Waals surface area (Å²) in [6, 6.07) is 18.2. The van der Waals surface area contributed by atoms with E-state index in [-0.39, 0.29) is 12.5 Å². The largest absolute Gasteiger partial charge is 0.355 e. The van der Waals surface area contributed by atoms with Crippen LogP contribution in [0.1, 0.15) is 24.0 Å². The Morgan fingerprint density at radius 3 is 2.80 bits per heavy atom. The van der Waals surface area contributed by atoms with Gasteiger partial charge >= 0.3 is 0 Å². The van der Waals surface area contributed by atoms with E-state index in [1.54, 1.807) is 13.1 Å². The first-order valence-corrected chi connectivity index (χ1v) is 10.3. The lowest BCUT2D eigenvalue weighted by molar-refractivity contribution is -0.115. The molecule has 1 unspecified atom stereocenters. The highest BCUT2D eigenvalue weighted by Crippen LogP contribution is 2.19. The van der Waals surface area contributed by atoms with Gasteiger partial charge in [0.05, 0.1) is 6.54 Å². The molecule has 6 nitrogen and oxygen atoms in total. The summed E-state index contributed by atoms with van der Waals surface area (Å²) in [5.41, 5.74) is 2.75. The fourth-order valence-corrected chi connectivity index (χ4v) is 3.64. The summed E-state index contributed by atoms with van der Waals surface area (Å²) >= 11 is 0. The monoisotopic (exact) mass is 403 g/mol. The third kappa shape index (κ3) is 6.36. The van der Waals surface area contributed by atoms with Crippen LogP contribution in [0.2, 0.25) is 0 Å². The number of carbonyl (C=O) groups is 1. The van der Waals surface area contributed by atoms with E-state index >= 15 is 0 Å². The first kappa shape index (κ1) is 21.4. The zero-order valence-electron chi connectivity index (χ0n) is 17.4. The van der Waals surface area contributed by atoms with E-state index in [0.29, 0.717) is 17.7 Å². The maximum Gasteiger partial charge on any atom is 0.243 e. The normalized spacial score (nSPS) is 16.7. The number of aliphatic imine (C=N–C) groups is 1. The smallest absolute Gasteiger partial charge is 0.243 e. The number of anilines is 1. The minimum Gasteiger partial charge on any atom is -0.355 e. The zero-order valence-corrected chi connectivity index (χ0v) is 17.4. The van der Waals surface area contributed by atoms with Crippen LogP contribution in [0.25, 0.3) is 0 Å². The predicted molar refractivity (Wildman–Crippen MR) is 122 cm³/mol. The van der Waals surface area contributed by atoms with Crippen LogP contribution in [0, 0.1) is 12.3 Å². The van der Waals surface area contributed by atoms with Crippen molar-refractivity contribution in [2.24, 2.45) is 4.99 Å². The van der Waals surface area contributed by atoms with Crippen molar-refractivity contribution in [3.8, 4) is 12.3 Å². The molecule has 6 heteroatoms. The Morgan fingerprint density at radius 1 is 1.20 bits per heavy atom. The molecule has 1 amide bonds. The molecule has 2 aromatic rings. The van der Waals surface area contributed by atoms with Gasteiger partial charge in [0.25, 0.3) is 0 Å². The van der Waals surface area contributed by atoms with E-state index in [2.05, 4.69) is 56.0 Å². The Labute approximate surface area is 178 Å². The molecule has 1 saturated heterocycles. The van der Waals surface area contributed by atoms with Crippen LogP contribution in [-0.4, -0.2) is 49.5 Å². The van der Waals surface area contributed by atoms with Gasteiger partial charge in [-0.25, -0.2) is 0 Å². The van der Waals surface area contributed by atoms with Crippen LogP contribution in [-0.2, 0) is 11.3 Å². The lowest BCUT2D eigenvalue weighted by Gasteiger charge is -2.25. The average Bonchev–Trinajstić information content (AvgIpc) is 3.21. The number of hydrogen-bond acceptors (Lipinski definition) is 3. The summed E-state index contributed by atoms with van der Waals surface area (Å²) in [5.74, 6) is 3.03. The van der Waals surface area contributed by atoms with Crippen molar-refractivity contribution in [2.75, 3.05) is 32.0 Å². The number of terminal acetylenes is 1. The van der Waals surface area contributed by atoms with Crippen molar-refractivity contribution >= 4 is 17.6 Å². The van der Waals surface area contributed by atoms with Crippen LogP contribution in [0.3, 0.4) is 0 Å². The molecule has 0 spiro atoms. The number of carbonyl (C=O) groups excluding carboxylic acids is 1. The van der Waals surface area contributed by atoms with Crippen LogP contribution >= 0.6 is 0 Å². The third-order valence-corrected chi connectivity index (χ3v) is 5.19. The van der Waals surface area contributed by atoms with Gasteiger partial charge in [-0.1, -0.05) is 42.3 Å². The standard InChI is InChI=1S/C24H29N5O/c1-3-19-11-7-12-21(15-19)28-23(30)17-27-24(25-2)26-16-22-13-8-14-29(22)18-20-9-5-4-6-10-20/h1,4-7,9-12,15,22H,8,13-14,16-18H2,2H3,(H,28,30)(H2,25,26,27). The number of benzene rings is 2. The first-order valence-electron chi connectivity index (χ1n) is 10.3. The third-order valence-electron chi connectivity index (χ3n) is 5.19. The number of hydrogen-bond donors (Lipinski definition) is 3. The molecule has 1 heterocycles. The van der Waals surface area contributed by atoms with Crippen LogP contribution in [0.15, 0.2) is 59.6 Å². The Bertz CT molecular complexity index is 903. The summed E-state index contributed by atoms with van der Waals surface area (Å²) in [6.07, 6.45) is 7.76. The molecule has 0 bridgehead atoms. The molecular formula is C24H29N5O. The van der Waals surface area contributed by atoms with E-state index in [1.807, 2.05) is 24.3 Å². The number of amides is 1. The molecule has 3 N–H and O–H groups in total. The van der Waals surface area contributed by atoms with Gasteiger partial charge in [0.2, 0.25) is 5.91 Å². The minimum atomic E-state index is -0.154. The van der Waals surface area contributed by atoms with E-state index < -0.39 is 0 Å². The molecule has 0 aromatic heterocycles. The fourth-order valence-electron chi connectivity index (χ4n) is 3.64. The second-order valence-electron chi connectivity index (χ2n) is 7.33. The minimum absolute atomic E-state index is 0.123. The van der Waals surface area contributed by atoms with Crippen molar-refractivity contribution in [3.63, 3.8) is 0 Å². The summed E-state index contributed by atoms with van der Waals surface area (Å²) < 4.78 is 0. The molecule has 0 radical (unpaired) electrons. The Hall–Kier alpha value is -3.30. The van der Waals surface area contributed by atoms with Crippen molar-refractivity contribution in [1.29, 1.82) is 0 Å². The van der Waals surface area contributed by atoms with Gasteiger partial charge in [-0.05, 0) is 43.1 Å². The summed E-state index contributed by atoms with van der Waals surface area (Å²) in [6.45, 7) is 2.97. The summed E-state index contributed by atoms with van der Waals surface area (Å²) in [5, 5.41) is 9.27. The molecule has 30 heavy (non-hydrogen) atoms. The van der Waals surface area contributed by atoms with Crippen LogP contribution < -0.4 is 16.0 Å². The first-order chi connectivity index (χ1) is 14.7. The quantitative estimate of drug-likeness (QED) is 0.377. The van der Waals surface area contributed by atoms with Gasteiger partial charge < -0.3 is 16.0 Å². The molecule has 0 saturated carbocycles. The maximum absolute atomic E-state index is 12.2. The molecule has 1 aliphatic rings. The second kappa shape index (κ2) is 11.0. The number of nitrogens with one attached hydrogen (secondary N) is 3. The van der Waals surface area contributed by atoms with Gasteiger partial charge in [-0.3, -0.25) is 14.7 Å².